The van der Waals surface area contributed by atoms with Gasteiger partial charge in [0.2, 0.25) is 0 Å². The summed E-state index contributed by atoms with van der Waals surface area (Å²) in [4.78, 5) is 16.7. The monoisotopic (exact) mass is 316 g/mol. The van der Waals surface area contributed by atoms with E-state index in [1.165, 1.54) is 12.1 Å². The Kier molecular flexibility index (Phi) is 3.43. The zero-order valence-corrected chi connectivity index (χ0v) is 12.7. The first-order valence-corrected chi connectivity index (χ1v) is 7.57. The summed E-state index contributed by atoms with van der Waals surface area (Å²) >= 11 is 0. The molecule has 0 bridgehead atoms. The van der Waals surface area contributed by atoms with E-state index in [2.05, 4.69) is 4.98 Å². The number of halogens is 1. The van der Waals surface area contributed by atoms with E-state index in [0.717, 1.165) is 16.8 Å². The Balaban J connectivity index is 2.13. The SMILES string of the molecule is O=c1nc(-c2ccccc2)n(-c2ccc(F)cc2)c2ccccc12. The number of para-hydroxylation sites is 1. The van der Waals surface area contributed by atoms with Gasteiger partial charge in [-0.3, -0.25) is 9.36 Å². The zero-order valence-electron chi connectivity index (χ0n) is 12.7. The summed E-state index contributed by atoms with van der Waals surface area (Å²) in [6.45, 7) is 0. The average Bonchev–Trinajstić information content (AvgIpc) is 2.63. The Morgan fingerprint density at radius 3 is 2.21 bits per heavy atom. The third-order valence-electron chi connectivity index (χ3n) is 3.91. The number of aromatic nitrogens is 2. The van der Waals surface area contributed by atoms with Gasteiger partial charge < -0.3 is 0 Å². The van der Waals surface area contributed by atoms with Gasteiger partial charge in [-0.25, -0.2) is 4.39 Å². The number of rotatable bonds is 2. The molecule has 4 rings (SSSR count). The van der Waals surface area contributed by atoms with Gasteiger partial charge in [-0.15, -0.1) is 0 Å². The van der Waals surface area contributed by atoms with Crippen LogP contribution in [0.2, 0.25) is 0 Å². The van der Waals surface area contributed by atoms with E-state index in [1.54, 1.807) is 18.2 Å². The minimum Gasteiger partial charge on any atom is -0.294 e. The smallest absolute Gasteiger partial charge is 0.281 e. The van der Waals surface area contributed by atoms with Gasteiger partial charge in [0.25, 0.3) is 5.56 Å². The van der Waals surface area contributed by atoms with Gasteiger partial charge in [0.15, 0.2) is 0 Å². The van der Waals surface area contributed by atoms with Crippen molar-refractivity contribution < 1.29 is 4.39 Å². The lowest BCUT2D eigenvalue weighted by atomic mass is 10.1. The standard InChI is InChI=1S/C20H13FN2O/c21-15-10-12-16(13-11-15)23-18-9-5-4-8-17(18)20(24)22-19(23)14-6-2-1-3-7-14/h1-13H. The van der Waals surface area contributed by atoms with Gasteiger partial charge >= 0.3 is 0 Å². The molecule has 4 heteroatoms. The van der Waals surface area contributed by atoms with Crippen LogP contribution in [-0.4, -0.2) is 9.55 Å². The molecule has 0 aliphatic heterocycles. The molecule has 0 spiro atoms. The van der Waals surface area contributed by atoms with Crippen molar-refractivity contribution in [2.45, 2.75) is 0 Å². The van der Waals surface area contributed by atoms with E-state index in [4.69, 9.17) is 0 Å². The van der Waals surface area contributed by atoms with Crippen LogP contribution < -0.4 is 5.56 Å². The van der Waals surface area contributed by atoms with Crippen LogP contribution in [0.5, 0.6) is 0 Å². The number of fused-ring (bicyclic) bond motifs is 1. The summed E-state index contributed by atoms with van der Waals surface area (Å²) < 4.78 is 15.2. The van der Waals surface area contributed by atoms with Crippen molar-refractivity contribution in [1.29, 1.82) is 0 Å². The predicted molar refractivity (Wildman–Crippen MR) is 92.7 cm³/mol. The number of nitrogens with zero attached hydrogens (tertiary/aromatic N) is 2. The molecule has 1 aromatic heterocycles. The molecular weight excluding hydrogens is 303 g/mol. The maximum absolute atomic E-state index is 13.3. The molecule has 0 aliphatic rings. The third kappa shape index (κ3) is 2.38. The van der Waals surface area contributed by atoms with Crippen molar-refractivity contribution in [1.82, 2.24) is 9.55 Å². The highest BCUT2D eigenvalue weighted by Gasteiger charge is 2.13. The van der Waals surface area contributed by atoms with Gasteiger partial charge in [0.1, 0.15) is 11.6 Å². The Morgan fingerprint density at radius 1 is 0.792 bits per heavy atom. The Morgan fingerprint density at radius 2 is 1.46 bits per heavy atom. The second-order valence-electron chi connectivity index (χ2n) is 5.44. The molecule has 0 aliphatic carbocycles. The molecule has 0 fully saturated rings. The second kappa shape index (κ2) is 5.74. The minimum absolute atomic E-state index is 0.275. The van der Waals surface area contributed by atoms with Gasteiger partial charge in [0.05, 0.1) is 10.9 Å². The topological polar surface area (TPSA) is 34.9 Å². The molecule has 0 amide bonds. The quantitative estimate of drug-likeness (QED) is 0.556. The molecule has 24 heavy (non-hydrogen) atoms. The first-order valence-electron chi connectivity index (χ1n) is 7.57. The highest BCUT2D eigenvalue weighted by Crippen LogP contribution is 2.25. The highest BCUT2D eigenvalue weighted by molar-refractivity contribution is 5.82. The van der Waals surface area contributed by atoms with Crippen LogP contribution in [-0.2, 0) is 0 Å². The minimum atomic E-state index is -0.307. The normalized spacial score (nSPS) is 10.9. The van der Waals surface area contributed by atoms with Crippen molar-refractivity contribution in [3.8, 4) is 17.1 Å². The maximum atomic E-state index is 13.3. The largest absolute Gasteiger partial charge is 0.294 e. The first-order chi connectivity index (χ1) is 11.7. The van der Waals surface area contributed by atoms with Crippen LogP contribution in [0.15, 0.2) is 83.7 Å². The molecule has 0 unspecified atom stereocenters. The van der Waals surface area contributed by atoms with Gasteiger partial charge in [0, 0.05) is 11.3 Å². The first kappa shape index (κ1) is 14.3. The van der Waals surface area contributed by atoms with Crippen LogP contribution in [0.4, 0.5) is 4.39 Å². The molecule has 0 saturated carbocycles. The summed E-state index contributed by atoms with van der Waals surface area (Å²) in [5, 5.41) is 0.529. The number of hydrogen-bond acceptors (Lipinski definition) is 2. The Hall–Kier alpha value is -3.27. The summed E-state index contributed by atoms with van der Waals surface area (Å²) in [6, 6.07) is 23.0. The van der Waals surface area contributed by atoms with Crippen molar-refractivity contribution in [3.05, 3.63) is 95.0 Å². The lowest BCUT2D eigenvalue weighted by Gasteiger charge is -2.16. The van der Waals surface area contributed by atoms with Crippen molar-refractivity contribution >= 4 is 10.9 Å². The lowest BCUT2D eigenvalue weighted by Crippen LogP contribution is -2.15. The van der Waals surface area contributed by atoms with Crippen molar-refractivity contribution in [2.24, 2.45) is 0 Å². The van der Waals surface area contributed by atoms with Crippen LogP contribution in [0, 0.1) is 5.82 Å². The molecule has 4 aromatic rings. The van der Waals surface area contributed by atoms with Crippen molar-refractivity contribution in [3.63, 3.8) is 0 Å². The van der Waals surface area contributed by atoms with Crippen LogP contribution in [0.3, 0.4) is 0 Å². The van der Waals surface area contributed by atoms with Gasteiger partial charge in [-0.1, -0.05) is 42.5 Å². The van der Waals surface area contributed by atoms with Gasteiger partial charge in [-0.05, 0) is 36.4 Å². The van der Waals surface area contributed by atoms with E-state index >= 15 is 0 Å². The van der Waals surface area contributed by atoms with Crippen LogP contribution in [0.1, 0.15) is 0 Å². The maximum Gasteiger partial charge on any atom is 0.281 e. The van der Waals surface area contributed by atoms with E-state index in [9.17, 15) is 9.18 Å². The predicted octanol–water partition coefficient (Wildman–Crippen LogP) is 4.19. The van der Waals surface area contributed by atoms with E-state index in [-0.39, 0.29) is 11.4 Å². The summed E-state index contributed by atoms with van der Waals surface area (Å²) in [5.41, 5.74) is 2.04. The molecular formula is C20H13FN2O. The second-order valence-corrected chi connectivity index (χ2v) is 5.44. The molecule has 0 atom stereocenters. The number of hydrogen-bond donors (Lipinski definition) is 0. The zero-order chi connectivity index (χ0) is 16.5. The van der Waals surface area contributed by atoms with Crippen molar-refractivity contribution in [2.75, 3.05) is 0 Å². The van der Waals surface area contributed by atoms with E-state index in [0.29, 0.717) is 11.2 Å². The fraction of sp³-hybridized carbons (Fsp3) is 0. The number of benzene rings is 3. The molecule has 3 aromatic carbocycles. The molecule has 0 N–H and O–H groups in total. The average molecular weight is 316 g/mol. The molecule has 3 nitrogen and oxygen atoms in total. The summed E-state index contributed by atoms with van der Waals surface area (Å²) in [6.07, 6.45) is 0. The highest BCUT2D eigenvalue weighted by atomic mass is 19.1. The van der Waals surface area contributed by atoms with E-state index < -0.39 is 0 Å². The van der Waals surface area contributed by atoms with Crippen LogP contribution in [0.25, 0.3) is 28.0 Å². The molecule has 1 heterocycles. The molecule has 0 radical (unpaired) electrons. The summed E-state index contributed by atoms with van der Waals surface area (Å²) in [7, 11) is 0. The third-order valence-corrected chi connectivity index (χ3v) is 3.91. The molecule has 116 valence electrons. The fourth-order valence-corrected chi connectivity index (χ4v) is 2.80. The van der Waals surface area contributed by atoms with Gasteiger partial charge in [-0.2, -0.15) is 4.98 Å². The Bertz CT molecular complexity index is 1070. The Labute approximate surface area is 137 Å². The fourth-order valence-electron chi connectivity index (χ4n) is 2.80. The lowest BCUT2D eigenvalue weighted by molar-refractivity contribution is 0.627. The summed E-state index contributed by atoms with van der Waals surface area (Å²) in [5.74, 6) is 0.226. The molecule has 0 saturated heterocycles. The van der Waals surface area contributed by atoms with E-state index in [1.807, 2.05) is 53.1 Å². The van der Waals surface area contributed by atoms with Crippen LogP contribution >= 0.6 is 0 Å².